The van der Waals surface area contributed by atoms with Gasteiger partial charge in [0.1, 0.15) is 50.4 Å². The third kappa shape index (κ3) is 12.2. The van der Waals surface area contributed by atoms with Crippen LogP contribution in [0.2, 0.25) is 5.28 Å². The van der Waals surface area contributed by atoms with Crippen LogP contribution >= 0.6 is 11.6 Å². The number of hydrogen-bond acceptors (Lipinski definition) is 15. The summed E-state index contributed by atoms with van der Waals surface area (Å²) in [6, 6.07) is 21.6. The van der Waals surface area contributed by atoms with E-state index in [1.54, 1.807) is 74.6 Å². The van der Waals surface area contributed by atoms with Gasteiger partial charge in [-0.2, -0.15) is 10.2 Å². The summed E-state index contributed by atoms with van der Waals surface area (Å²) in [5.74, 6) is 2.30. The Kier molecular flexibility index (Phi) is 15.8. The standard InChI is InChI=1S/C22H23FN6O3S.C11H7ClFN5.C10H16N2O3S/c1-4-32-18-8-5-14(11-19(18)33(30,31)29(2)3)12-21-24-10-9-20(25-21)26-22-16-13-15(23)6-7-17(16)27-28-22;12-11-14-4-3-9(16-11)15-10-7-5-6(13)1-2-8(7)17-18-10;1-4-15-9-6-5-8(11)7-10(9)16(13,14)12(2)3/h5-11,13H,4,12H2,1-3H3,(H2,24,25,26,27,28);1-5H,(H2,14,15,16,17,18);5-7H,4,11H2,1-3H3. The molecule has 0 bridgehead atoms. The lowest BCUT2D eigenvalue weighted by atomic mass is 10.1. The molecule has 8 rings (SSSR count). The Bertz CT molecular complexity index is 3230. The third-order valence-corrected chi connectivity index (χ3v) is 13.2. The summed E-state index contributed by atoms with van der Waals surface area (Å²) >= 11 is 5.68. The van der Waals surface area contributed by atoms with Gasteiger partial charge in [0.2, 0.25) is 25.3 Å². The van der Waals surface area contributed by atoms with Gasteiger partial charge in [0, 0.05) is 63.5 Å². The second-order valence-electron chi connectivity index (χ2n) is 14.4. The highest BCUT2D eigenvalue weighted by Gasteiger charge is 2.24. The lowest BCUT2D eigenvalue weighted by Crippen LogP contribution is -2.23. The second kappa shape index (κ2) is 21.5. The summed E-state index contributed by atoms with van der Waals surface area (Å²) in [5, 5.41) is 21.3. The van der Waals surface area contributed by atoms with Gasteiger partial charge in [-0.25, -0.2) is 54.2 Å². The molecule has 0 saturated carbocycles. The van der Waals surface area contributed by atoms with Crippen molar-refractivity contribution in [2.24, 2.45) is 0 Å². The minimum absolute atomic E-state index is 0.0890. The van der Waals surface area contributed by atoms with Crippen LogP contribution in [-0.4, -0.2) is 107 Å². The molecule has 0 fully saturated rings. The number of hydrogen-bond donors (Lipinski definition) is 5. The van der Waals surface area contributed by atoms with Gasteiger partial charge in [0.15, 0.2) is 11.6 Å². The molecule has 4 aromatic heterocycles. The van der Waals surface area contributed by atoms with E-state index in [9.17, 15) is 25.6 Å². The van der Waals surface area contributed by atoms with Crippen molar-refractivity contribution in [1.82, 2.24) is 48.9 Å². The van der Waals surface area contributed by atoms with Gasteiger partial charge >= 0.3 is 0 Å². The number of H-pyrrole nitrogens is 2. The lowest BCUT2D eigenvalue weighted by molar-refractivity contribution is 0.330. The molecule has 352 valence electrons. The van der Waals surface area contributed by atoms with Crippen LogP contribution in [0.4, 0.5) is 37.7 Å². The maximum absolute atomic E-state index is 13.6. The van der Waals surface area contributed by atoms with E-state index in [0.29, 0.717) is 87.8 Å². The fraction of sp³-hybridized carbons (Fsp3) is 0.209. The van der Waals surface area contributed by atoms with Crippen LogP contribution in [0.5, 0.6) is 11.5 Å². The van der Waals surface area contributed by atoms with Gasteiger partial charge in [-0.1, -0.05) is 6.07 Å². The van der Waals surface area contributed by atoms with Crippen LogP contribution in [0.3, 0.4) is 0 Å². The molecule has 4 heterocycles. The number of ether oxygens (including phenoxy) is 2. The van der Waals surface area contributed by atoms with Crippen molar-refractivity contribution in [2.75, 3.05) is 57.8 Å². The first-order valence-corrected chi connectivity index (χ1v) is 23.4. The number of nitrogens with two attached hydrogens (primary N) is 1. The number of aromatic nitrogens is 8. The highest BCUT2D eigenvalue weighted by molar-refractivity contribution is 7.89. The zero-order chi connectivity index (χ0) is 48.5. The summed E-state index contributed by atoms with van der Waals surface area (Å²) in [4.78, 5) is 16.7. The predicted molar refractivity (Wildman–Crippen MR) is 252 cm³/mol. The molecule has 8 aromatic rings. The molecule has 6 N–H and O–H groups in total. The maximum atomic E-state index is 13.6. The van der Waals surface area contributed by atoms with E-state index in [-0.39, 0.29) is 26.7 Å². The summed E-state index contributed by atoms with van der Waals surface area (Å²) in [6.45, 7) is 4.34. The molecule has 0 aliphatic heterocycles. The Morgan fingerprint density at radius 2 is 1.15 bits per heavy atom. The van der Waals surface area contributed by atoms with E-state index >= 15 is 0 Å². The van der Waals surface area contributed by atoms with Crippen LogP contribution < -0.4 is 25.8 Å². The molecule has 0 unspecified atom stereocenters. The van der Waals surface area contributed by atoms with E-state index in [0.717, 1.165) is 14.1 Å². The normalized spacial score (nSPS) is 11.5. The molecule has 0 aliphatic rings. The third-order valence-electron chi connectivity index (χ3n) is 9.33. The number of nitrogens with one attached hydrogen (secondary N) is 4. The van der Waals surface area contributed by atoms with Gasteiger partial charge in [0.05, 0.1) is 24.2 Å². The van der Waals surface area contributed by atoms with Crippen molar-refractivity contribution in [2.45, 2.75) is 30.1 Å². The van der Waals surface area contributed by atoms with E-state index in [1.807, 2.05) is 0 Å². The van der Waals surface area contributed by atoms with Crippen LogP contribution in [0.15, 0.2) is 107 Å². The monoisotopic (exact) mass is 977 g/mol. The number of nitrogens with zero attached hydrogens (tertiary/aromatic N) is 8. The summed E-state index contributed by atoms with van der Waals surface area (Å²) in [6.07, 6.45) is 3.41. The SMILES string of the molecule is CCOc1ccc(Cc2nccc(Nc3n[nH]c4ccc(F)cc34)n2)cc1S(=O)(=O)N(C)C.CCOc1ccc(N)cc1S(=O)(=O)N(C)C.Fc1ccc2[nH]nc(Nc3ccnc(Cl)n3)c2c1. The minimum Gasteiger partial charge on any atom is -0.492 e. The Hall–Kier alpha value is -7.05. The van der Waals surface area contributed by atoms with Gasteiger partial charge in [-0.3, -0.25) is 10.2 Å². The smallest absolute Gasteiger partial charge is 0.246 e. The Balaban J connectivity index is 0.000000183. The molecule has 67 heavy (non-hydrogen) atoms. The number of fused-ring (bicyclic) bond motifs is 2. The summed E-state index contributed by atoms with van der Waals surface area (Å²) in [5.41, 5.74) is 8.11. The van der Waals surface area contributed by atoms with E-state index < -0.39 is 20.0 Å². The fourth-order valence-electron chi connectivity index (χ4n) is 6.08. The topological polar surface area (TPSA) is 252 Å². The number of anilines is 5. The number of nitrogen functional groups attached to an aromatic ring is 1. The van der Waals surface area contributed by atoms with Crippen molar-refractivity contribution < 1.29 is 35.1 Å². The van der Waals surface area contributed by atoms with E-state index in [2.05, 4.69) is 51.0 Å². The molecule has 0 radical (unpaired) electrons. The van der Waals surface area contributed by atoms with Gasteiger partial charge in [0.25, 0.3) is 0 Å². The van der Waals surface area contributed by atoms with Crippen LogP contribution in [-0.2, 0) is 26.5 Å². The zero-order valence-corrected chi connectivity index (χ0v) is 39.3. The Morgan fingerprint density at radius 3 is 1.66 bits per heavy atom. The first kappa shape index (κ1) is 49.4. The van der Waals surface area contributed by atoms with Crippen LogP contribution in [0, 0.1) is 11.6 Å². The average Bonchev–Trinajstić information content (AvgIpc) is 3.87. The summed E-state index contributed by atoms with van der Waals surface area (Å²) < 4.78 is 89.3. The highest BCUT2D eigenvalue weighted by atomic mass is 35.5. The first-order valence-electron chi connectivity index (χ1n) is 20.1. The van der Waals surface area contributed by atoms with Crippen molar-refractivity contribution in [3.8, 4) is 11.5 Å². The number of halogens is 3. The van der Waals surface area contributed by atoms with Crippen LogP contribution in [0.25, 0.3) is 21.8 Å². The fourth-order valence-corrected chi connectivity index (χ4v) is 8.36. The van der Waals surface area contributed by atoms with Crippen molar-refractivity contribution in [1.29, 1.82) is 0 Å². The number of rotatable bonds is 14. The van der Waals surface area contributed by atoms with Gasteiger partial charge in [-0.05, 0) is 110 Å². The largest absolute Gasteiger partial charge is 0.492 e. The minimum atomic E-state index is -3.70. The molecular weight excluding hydrogens is 932 g/mol. The van der Waals surface area contributed by atoms with Crippen molar-refractivity contribution in [3.05, 3.63) is 126 Å². The first-order chi connectivity index (χ1) is 31.9. The molecule has 4 aromatic carbocycles. The number of benzene rings is 4. The molecule has 0 amide bonds. The molecule has 24 heteroatoms. The highest BCUT2D eigenvalue weighted by Crippen LogP contribution is 2.30. The molecule has 0 aliphatic carbocycles. The molecule has 0 saturated heterocycles. The van der Waals surface area contributed by atoms with Crippen molar-refractivity contribution in [3.63, 3.8) is 0 Å². The Labute approximate surface area is 389 Å². The average molecular weight is 979 g/mol. The number of aromatic amines is 2. The molecule has 19 nitrogen and oxygen atoms in total. The van der Waals surface area contributed by atoms with Gasteiger partial charge < -0.3 is 25.8 Å². The lowest BCUT2D eigenvalue weighted by Gasteiger charge is -2.16. The maximum Gasteiger partial charge on any atom is 0.246 e. The quantitative estimate of drug-likeness (QED) is 0.0530. The molecular formula is C43H46ClF2N13O6S2. The zero-order valence-electron chi connectivity index (χ0n) is 36.9. The van der Waals surface area contributed by atoms with E-state index in [1.165, 1.54) is 64.7 Å². The molecule has 0 atom stereocenters. The number of sulfonamides is 2. The molecule has 0 spiro atoms. The van der Waals surface area contributed by atoms with Gasteiger partial charge in [-0.15, -0.1) is 0 Å². The summed E-state index contributed by atoms with van der Waals surface area (Å²) in [7, 11) is -1.34. The van der Waals surface area contributed by atoms with E-state index in [4.69, 9.17) is 26.8 Å². The predicted octanol–water partition coefficient (Wildman–Crippen LogP) is 7.28. The Morgan fingerprint density at radius 1 is 0.657 bits per heavy atom. The van der Waals surface area contributed by atoms with Crippen LogP contribution in [0.1, 0.15) is 25.2 Å². The van der Waals surface area contributed by atoms with Crippen molar-refractivity contribution >= 4 is 82.4 Å². The second-order valence-corrected chi connectivity index (χ2v) is 19.0.